The first kappa shape index (κ1) is 19.9. The number of allylic oxidation sites excluding steroid dienone is 1. The van der Waals surface area contributed by atoms with Crippen LogP contribution < -0.4 is 10.6 Å². The fraction of sp³-hybridized carbons (Fsp3) is 0.474. The van der Waals surface area contributed by atoms with Gasteiger partial charge >= 0.3 is 0 Å². The van der Waals surface area contributed by atoms with E-state index in [-0.39, 0.29) is 30.3 Å². The Labute approximate surface area is 144 Å². The van der Waals surface area contributed by atoms with E-state index in [4.69, 9.17) is 0 Å². The van der Waals surface area contributed by atoms with Gasteiger partial charge in [-0.05, 0) is 24.5 Å². The molecule has 0 spiro atoms. The molecule has 5 nitrogen and oxygen atoms in total. The van der Waals surface area contributed by atoms with E-state index in [1.54, 1.807) is 30.3 Å². The minimum atomic E-state index is -0.606. The summed E-state index contributed by atoms with van der Waals surface area (Å²) in [7, 11) is 0. The molecule has 0 saturated heterocycles. The molecule has 0 aromatic heterocycles. The molecule has 0 unspecified atom stereocenters. The van der Waals surface area contributed by atoms with E-state index < -0.39 is 6.04 Å². The molecule has 3 N–H and O–H groups in total. The van der Waals surface area contributed by atoms with Crippen molar-refractivity contribution in [2.75, 3.05) is 13.2 Å². The van der Waals surface area contributed by atoms with E-state index in [9.17, 15) is 14.7 Å². The summed E-state index contributed by atoms with van der Waals surface area (Å²) in [5.74, 6) is -0.546. The standard InChI is InChI=1S/C19H28N2O3/c1-4-9-15(13-22)12-20-19(24)17(14(3)5-2)21-18(23)16-10-7-6-8-11-16/h4,6-8,10-11,14-15,17,22H,1,5,9,12-13H2,2-3H3,(H,20,24)(H,21,23)/t14-,15+,17+/m1/s1. The Bertz CT molecular complexity index is 531. The molecule has 5 heteroatoms. The van der Waals surface area contributed by atoms with Gasteiger partial charge in [-0.2, -0.15) is 0 Å². The second-order valence-corrected chi connectivity index (χ2v) is 6.02. The molecule has 0 saturated carbocycles. The summed E-state index contributed by atoms with van der Waals surface area (Å²) in [6, 6.07) is 8.23. The zero-order valence-corrected chi connectivity index (χ0v) is 14.5. The molecule has 3 atom stereocenters. The van der Waals surface area contributed by atoms with Gasteiger partial charge in [0.25, 0.3) is 5.91 Å². The summed E-state index contributed by atoms with van der Waals surface area (Å²) in [5, 5.41) is 14.9. The molecule has 0 bridgehead atoms. The maximum Gasteiger partial charge on any atom is 0.251 e. The zero-order chi connectivity index (χ0) is 17.9. The van der Waals surface area contributed by atoms with Crippen LogP contribution in [0.3, 0.4) is 0 Å². The number of rotatable bonds is 10. The van der Waals surface area contributed by atoms with Crippen molar-refractivity contribution in [3.63, 3.8) is 0 Å². The number of hydrogen-bond donors (Lipinski definition) is 3. The third-order valence-electron chi connectivity index (χ3n) is 4.14. The molecule has 132 valence electrons. The number of amides is 2. The van der Waals surface area contributed by atoms with Crippen LogP contribution in [0.15, 0.2) is 43.0 Å². The summed E-state index contributed by atoms with van der Waals surface area (Å²) in [6.07, 6.45) is 3.11. The Morgan fingerprint density at radius 2 is 1.96 bits per heavy atom. The number of aliphatic hydroxyl groups excluding tert-OH is 1. The molecule has 24 heavy (non-hydrogen) atoms. The summed E-state index contributed by atoms with van der Waals surface area (Å²) in [6.45, 7) is 7.90. The average molecular weight is 332 g/mol. The van der Waals surface area contributed by atoms with Gasteiger partial charge in [0.05, 0.1) is 0 Å². The van der Waals surface area contributed by atoms with Crippen LogP contribution in [0.2, 0.25) is 0 Å². The second kappa shape index (κ2) is 10.6. The van der Waals surface area contributed by atoms with Crippen LogP contribution in [0.25, 0.3) is 0 Å². The van der Waals surface area contributed by atoms with E-state index in [0.717, 1.165) is 6.42 Å². The van der Waals surface area contributed by atoms with Gasteiger partial charge in [0.15, 0.2) is 0 Å². The lowest BCUT2D eigenvalue weighted by Crippen LogP contribution is -2.51. The van der Waals surface area contributed by atoms with E-state index in [1.807, 2.05) is 19.9 Å². The molecule has 1 rings (SSSR count). The van der Waals surface area contributed by atoms with E-state index in [0.29, 0.717) is 18.5 Å². The Hall–Kier alpha value is -2.14. The van der Waals surface area contributed by atoms with Gasteiger partial charge in [-0.3, -0.25) is 9.59 Å². The maximum absolute atomic E-state index is 12.5. The number of carbonyl (C=O) groups is 2. The summed E-state index contributed by atoms with van der Waals surface area (Å²) in [5.41, 5.74) is 0.526. The first-order valence-corrected chi connectivity index (χ1v) is 8.38. The number of aliphatic hydroxyl groups is 1. The highest BCUT2D eigenvalue weighted by Crippen LogP contribution is 2.10. The van der Waals surface area contributed by atoms with Crippen molar-refractivity contribution in [2.45, 2.75) is 32.7 Å². The normalized spacial score (nSPS) is 14.3. The van der Waals surface area contributed by atoms with E-state index >= 15 is 0 Å². The predicted molar refractivity (Wildman–Crippen MR) is 95.6 cm³/mol. The first-order chi connectivity index (χ1) is 11.5. The average Bonchev–Trinajstić information content (AvgIpc) is 2.62. The lowest BCUT2D eigenvalue weighted by atomic mass is 9.97. The van der Waals surface area contributed by atoms with Crippen molar-refractivity contribution < 1.29 is 14.7 Å². The summed E-state index contributed by atoms with van der Waals surface area (Å²) < 4.78 is 0. The smallest absolute Gasteiger partial charge is 0.251 e. The van der Waals surface area contributed by atoms with Crippen LogP contribution in [0.4, 0.5) is 0 Å². The first-order valence-electron chi connectivity index (χ1n) is 8.38. The second-order valence-electron chi connectivity index (χ2n) is 6.02. The van der Waals surface area contributed by atoms with Gasteiger partial charge < -0.3 is 15.7 Å². The molecule has 0 radical (unpaired) electrons. The quantitative estimate of drug-likeness (QED) is 0.574. The number of hydrogen-bond acceptors (Lipinski definition) is 3. The highest BCUT2D eigenvalue weighted by molar-refractivity contribution is 5.97. The maximum atomic E-state index is 12.5. The van der Waals surface area contributed by atoms with Crippen molar-refractivity contribution in [3.05, 3.63) is 48.6 Å². The minimum Gasteiger partial charge on any atom is -0.396 e. The largest absolute Gasteiger partial charge is 0.396 e. The van der Waals surface area contributed by atoms with E-state index in [1.165, 1.54) is 0 Å². The molecule has 1 aromatic carbocycles. The van der Waals surface area contributed by atoms with Crippen LogP contribution in [0, 0.1) is 11.8 Å². The fourth-order valence-electron chi connectivity index (χ4n) is 2.33. The van der Waals surface area contributed by atoms with Gasteiger partial charge in [-0.15, -0.1) is 6.58 Å². The fourth-order valence-corrected chi connectivity index (χ4v) is 2.33. The number of nitrogens with one attached hydrogen (secondary N) is 2. The van der Waals surface area contributed by atoms with Gasteiger partial charge in [0, 0.05) is 24.6 Å². The van der Waals surface area contributed by atoms with Crippen molar-refractivity contribution in [3.8, 4) is 0 Å². The Balaban J connectivity index is 2.72. The lowest BCUT2D eigenvalue weighted by Gasteiger charge is -2.24. The van der Waals surface area contributed by atoms with Gasteiger partial charge in [0.1, 0.15) is 6.04 Å². The van der Waals surface area contributed by atoms with Crippen LogP contribution in [-0.2, 0) is 4.79 Å². The molecule has 0 fully saturated rings. The zero-order valence-electron chi connectivity index (χ0n) is 14.5. The monoisotopic (exact) mass is 332 g/mol. The van der Waals surface area contributed by atoms with Crippen LogP contribution >= 0.6 is 0 Å². The van der Waals surface area contributed by atoms with Crippen LogP contribution in [-0.4, -0.2) is 36.1 Å². The highest BCUT2D eigenvalue weighted by Gasteiger charge is 2.26. The van der Waals surface area contributed by atoms with Gasteiger partial charge in [0.2, 0.25) is 5.91 Å². The lowest BCUT2D eigenvalue weighted by molar-refractivity contribution is -0.124. The van der Waals surface area contributed by atoms with Crippen LogP contribution in [0.1, 0.15) is 37.0 Å². The summed E-state index contributed by atoms with van der Waals surface area (Å²) in [4.78, 5) is 24.8. The SMILES string of the molecule is C=CC[C@H](CO)CNC(=O)[C@@H](NC(=O)c1ccccc1)[C@H](C)CC. The predicted octanol–water partition coefficient (Wildman–Crippen LogP) is 2.13. The number of benzene rings is 1. The topological polar surface area (TPSA) is 78.4 Å². The minimum absolute atomic E-state index is 0.00430. The molecule has 0 aliphatic heterocycles. The Kier molecular flexibility index (Phi) is 8.79. The van der Waals surface area contributed by atoms with Gasteiger partial charge in [-0.25, -0.2) is 0 Å². The Morgan fingerprint density at radius 3 is 2.50 bits per heavy atom. The Morgan fingerprint density at radius 1 is 1.29 bits per heavy atom. The third-order valence-corrected chi connectivity index (χ3v) is 4.14. The molecular weight excluding hydrogens is 304 g/mol. The van der Waals surface area contributed by atoms with Crippen molar-refractivity contribution in [1.82, 2.24) is 10.6 Å². The summed E-state index contributed by atoms with van der Waals surface area (Å²) >= 11 is 0. The van der Waals surface area contributed by atoms with Crippen LogP contribution in [0.5, 0.6) is 0 Å². The highest BCUT2D eigenvalue weighted by atomic mass is 16.3. The number of carbonyl (C=O) groups excluding carboxylic acids is 2. The van der Waals surface area contributed by atoms with Crippen molar-refractivity contribution >= 4 is 11.8 Å². The molecule has 2 amide bonds. The van der Waals surface area contributed by atoms with E-state index in [2.05, 4.69) is 17.2 Å². The third kappa shape index (κ3) is 6.16. The van der Waals surface area contributed by atoms with Crippen molar-refractivity contribution in [2.24, 2.45) is 11.8 Å². The molecule has 0 aliphatic rings. The molecule has 1 aromatic rings. The molecular formula is C19H28N2O3. The van der Waals surface area contributed by atoms with Gasteiger partial charge in [-0.1, -0.05) is 44.5 Å². The molecule has 0 heterocycles. The molecule has 0 aliphatic carbocycles. The van der Waals surface area contributed by atoms with Crippen molar-refractivity contribution in [1.29, 1.82) is 0 Å².